The van der Waals surface area contributed by atoms with Crippen molar-refractivity contribution in [2.45, 2.75) is 5.82 Å². The zero-order valence-electron chi connectivity index (χ0n) is 7.88. The third-order valence-electron chi connectivity index (χ3n) is 2.02. The smallest absolute Gasteiger partial charge is 0.310 e. The molecular formula is C9H10BNO4. The van der Waals surface area contributed by atoms with E-state index in [9.17, 15) is 9.59 Å². The Kier molecular flexibility index (Phi) is 3.33. The van der Waals surface area contributed by atoms with E-state index in [2.05, 4.69) is 0 Å². The maximum atomic E-state index is 10.6. The van der Waals surface area contributed by atoms with Crippen LogP contribution in [0.25, 0.3) is 0 Å². The van der Waals surface area contributed by atoms with Gasteiger partial charge in [0.05, 0.1) is 0 Å². The lowest BCUT2D eigenvalue weighted by Gasteiger charge is -2.05. The monoisotopic (exact) mass is 207 g/mol. The lowest BCUT2D eigenvalue weighted by Crippen LogP contribution is -2.30. The second-order valence-electron chi connectivity index (χ2n) is 3.17. The van der Waals surface area contributed by atoms with E-state index in [1.165, 1.54) is 0 Å². The highest BCUT2D eigenvalue weighted by Gasteiger charge is 2.26. The number of nitrogens with two attached hydrogens (primary N) is 1. The summed E-state index contributed by atoms with van der Waals surface area (Å²) in [5, 5.41) is 17.3. The molecule has 0 saturated carbocycles. The van der Waals surface area contributed by atoms with Gasteiger partial charge in [0.2, 0.25) is 0 Å². The molecule has 15 heavy (non-hydrogen) atoms. The Morgan fingerprint density at radius 2 is 1.60 bits per heavy atom. The van der Waals surface area contributed by atoms with Gasteiger partial charge in [-0.05, 0) is 12.1 Å². The second-order valence-corrected chi connectivity index (χ2v) is 3.17. The van der Waals surface area contributed by atoms with E-state index >= 15 is 0 Å². The van der Waals surface area contributed by atoms with Crippen LogP contribution in [0.4, 0.5) is 5.69 Å². The Morgan fingerprint density at radius 3 is 2.00 bits per heavy atom. The molecule has 5 nitrogen and oxygen atoms in total. The molecule has 1 aromatic rings. The molecule has 1 rings (SSSR count). The van der Waals surface area contributed by atoms with E-state index in [0.29, 0.717) is 11.2 Å². The van der Waals surface area contributed by atoms with Crippen molar-refractivity contribution in [3.63, 3.8) is 0 Å². The van der Waals surface area contributed by atoms with E-state index in [0.717, 1.165) is 0 Å². The first-order valence-corrected chi connectivity index (χ1v) is 4.30. The van der Waals surface area contributed by atoms with Gasteiger partial charge in [0.25, 0.3) is 0 Å². The van der Waals surface area contributed by atoms with Crippen molar-refractivity contribution < 1.29 is 19.8 Å². The molecule has 0 radical (unpaired) electrons. The fourth-order valence-electron chi connectivity index (χ4n) is 1.17. The van der Waals surface area contributed by atoms with Crippen LogP contribution in [0.3, 0.4) is 0 Å². The van der Waals surface area contributed by atoms with Crippen LogP contribution >= 0.6 is 0 Å². The predicted octanol–water partition coefficient (Wildman–Crippen LogP) is -0.712. The van der Waals surface area contributed by atoms with E-state index in [1.54, 1.807) is 24.3 Å². The van der Waals surface area contributed by atoms with Gasteiger partial charge in [-0.15, -0.1) is 0 Å². The Morgan fingerprint density at radius 1 is 1.13 bits per heavy atom. The molecule has 0 fully saturated rings. The summed E-state index contributed by atoms with van der Waals surface area (Å²) >= 11 is 0. The van der Waals surface area contributed by atoms with Gasteiger partial charge in [0, 0.05) is 5.69 Å². The zero-order chi connectivity index (χ0) is 11.4. The summed E-state index contributed by atoms with van der Waals surface area (Å²) in [7, 11) is -0.0368. The lowest BCUT2D eigenvalue weighted by molar-refractivity contribution is -0.147. The van der Waals surface area contributed by atoms with Crippen LogP contribution in [0.5, 0.6) is 0 Å². The van der Waals surface area contributed by atoms with Crippen LogP contribution in [0.1, 0.15) is 0 Å². The van der Waals surface area contributed by atoms with Crippen molar-refractivity contribution in [3.05, 3.63) is 24.3 Å². The van der Waals surface area contributed by atoms with Crippen LogP contribution in [0, 0.1) is 0 Å². The number of benzene rings is 1. The van der Waals surface area contributed by atoms with Gasteiger partial charge in [0.15, 0.2) is 7.28 Å². The van der Waals surface area contributed by atoms with Crippen LogP contribution < -0.4 is 11.2 Å². The largest absolute Gasteiger partial charge is 0.481 e. The number of rotatable bonds is 4. The Hall–Kier alpha value is -1.98. The van der Waals surface area contributed by atoms with Crippen molar-refractivity contribution >= 4 is 30.4 Å². The van der Waals surface area contributed by atoms with Gasteiger partial charge < -0.3 is 15.9 Å². The van der Waals surface area contributed by atoms with Gasteiger partial charge in [-0.1, -0.05) is 17.6 Å². The number of nitrogen functional groups attached to an aromatic ring is 1. The summed E-state index contributed by atoms with van der Waals surface area (Å²) in [6.45, 7) is 0. The highest BCUT2D eigenvalue weighted by Crippen LogP contribution is 2.04. The van der Waals surface area contributed by atoms with Crippen molar-refractivity contribution in [1.29, 1.82) is 0 Å². The first kappa shape index (κ1) is 11.1. The number of anilines is 1. The Balaban J connectivity index is 2.79. The van der Waals surface area contributed by atoms with Crippen molar-refractivity contribution in [2.75, 3.05) is 5.73 Å². The number of carboxylic acid groups (broad SMARTS) is 2. The maximum Gasteiger partial charge on any atom is 0.310 e. The maximum absolute atomic E-state index is 10.6. The standard InChI is InChI=1S/C9H10BNO4/c11-6-3-1-5(2-4-6)10-7(8(12)13)9(14)15/h1-4,7,10H,11H2,(H,12,13)(H,14,15). The molecule has 0 aromatic heterocycles. The second kappa shape index (κ2) is 4.50. The van der Waals surface area contributed by atoms with E-state index < -0.39 is 17.8 Å². The molecule has 0 aliphatic carbocycles. The van der Waals surface area contributed by atoms with E-state index in [-0.39, 0.29) is 7.28 Å². The highest BCUT2D eigenvalue weighted by molar-refractivity contribution is 6.63. The molecule has 78 valence electrons. The SMILES string of the molecule is Nc1ccc(BC(C(=O)O)C(=O)O)cc1. The van der Waals surface area contributed by atoms with Crippen LogP contribution in [0.2, 0.25) is 5.82 Å². The average molecular weight is 207 g/mol. The summed E-state index contributed by atoms with van der Waals surface area (Å²) in [5.41, 5.74) is 6.64. The van der Waals surface area contributed by atoms with Crippen LogP contribution in [-0.4, -0.2) is 29.4 Å². The Labute approximate surface area is 86.8 Å². The number of hydrogen-bond acceptors (Lipinski definition) is 3. The molecular weight excluding hydrogens is 197 g/mol. The summed E-state index contributed by atoms with van der Waals surface area (Å²) in [5.74, 6) is -4.08. The molecule has 6 heteroatoms. The Bertz CT molecular complexity index is 362. The minimum Gasteiger partial charge on any atom is -0.481 e. The molecule has 4 N–H and O–H groups in total. The van der Waals surface area contributed by atoms with Gasteiger partial charge in [-0.2, -0.15) is 0 Å². The topological polar surface area (TPSA) is 101 Å². The summed E-state index contributed by atoms with van der Waals surface area (Å²) in [6.07, 6.45) is 0. The lowest BCUT2D eigenvalue weighted by atomic mass is 9.59. The minimum atomic E-state index is -1.41. The van der Waals surface area contributed by atoms with Crippen LogP contribution in [0.15, 0.2) is 24.3 Å². The quantitative estimate of drug-likeness (QED) is 0.344. The van der Waals surface area contributed by atoms with Crippen molar-refractivity contribution in [2.24, 2.45) is 0 Å². The zero-order valence-corrected chi connectivity index (χ0v) is 7.88. The molecule has 0 aliphatic heterocycles. The van der Waals surface area contributed by atoms with E-state index in [4.69, 9.17) is 15.9 Å². The molecule has 0 unspecified atom stereocenters. The summed E-state index contributed by atoms with van der Waals surface area (Å²) < 4.78 is 0. The molecule has 1 aromatic carbocycles. The molecule has 0 bridgehead atoms. The number of carboxylic acids is 2. The van der Waals surface area contributed by atoms with Crippen molar-refractivity contribution in [3.8, 4) is 0 Å². The molecule has 0 heterocycles. The number of carbonyl (C=O) groups is 2. The predicted molar refractivity (Wildman–Crippen MR) is 56.7 cm³/mol. The fraction of sp³-hybridized carbons (Fsp3) is 0.111. The summed E-state index contributed by atoms with van der Waals surface area (Å²) in [6, 6.07) is 6.45. The first-order chi connectivity index (χ1) is 7.00. The fourth-order valence-corrected chi connectivity index (χ4v) is 1.17. The van der Waals surface area contributed by atoms with Gasteiger partial charge >= 0.3 is 11.9 Å². The highest BCUT2D eigenvalue weighted by atomic mass is 16.4. The summed E-state index contributed by atoms with van der Waals surface area (Å²) in [4.78, 5) is 21.2. The van der Waals surface area contributed by atoms with Gasteiger partial charge in [-0.25, -0.2) is 0 Å². The van der Waals surface area contributed by atoms with Crippen molar-refractivity contribution in [1.82, 2.24) is 0 Å². The van der Waals surface area contributed by atoms with Gasteiger partial charge in [-0.3, -0.25) is 9.59 Å². The third-order valence-corrected chi connectivity index (χ3v) is 2.02. The molecule has 0 atom stereocenters. The molecule has 0 amide bonds. The number of aliphatic carboxylic acids is 2. The van der Waals surface area contributed by atoms with E-state index in [1.807, 2.05) is 0 Å². The molecule has 0 spiro atoms. The number of hydrogen-bond donors (Lipinski definition) is 3. The van der Waals surface area contributed by atoms with Gasteiger partial charge in [0.1, 0.15) is 5.82 Å². The molecule has 0 aliphatic rings. The normalized spacial score (nSPS) is 9.93. The first-order valence-electron chi connectivity index (χ1n) is 4.30. The third kappa shape index (κ3) is 3.01. The average Bonchev–Trinajstić information content (AvgIpc) is 2.15. The van der Waals surface area contributed by atoms with Crippen LogP contribution in [-0.2, 0) is 9.59 Å². The minimum absolute atomic E-state index is 0.0368. The molecule has 0 saturated heterocycles.